The Hall–Kier alpha value is -2.04. The number of carbonyl (C=O) groups is 2. The van der Waals surface area contributed by atoms with Crippen LogP contribution in [0.15, 0.2) is 18.2 Å². The van der Waals surface area contributed by atoms with E-state index in [2.05, 4.69) is 26.1 Å². The van der Waals surface area contributed by atoms with Crippen LogP contribution >= 0.6 is 0 Å². The summed E-state index contributed by atoms with van der Waals surface area (Å²) in [6.07, 6.45) is 3.21. The molecule has 0 aromatic heterocycles. The molecule has 0 heterocycles. The Morgan fingerprint density at radius 3 is 2.52 bits per heavy atom. The second-order valence-corrected chi connectivity index (χ2v) is 7.33. The number of amides is 1. The number of carbonyl (C=O) groups excluding carboxylic acids is 2. The highest BCUT2D eigenvalue weighted by atomic mass is 16.5. The van der Waals surface area contributed by atoms with E-state index in [9.17, 15) is 9.59 Å². The van der Waals surface area contributed by atoms with Crippen molar-refractivity contribution in [3.8, 4) is 5.75 Å². The van der Waals surface area contributed by atoms with Gasteiger partial charge in [-0.15, -0.1) is 0 Å². The van der Waals surface area contributed by atoms with Gasteiger partial charge < -0.3 is 14.8 Å². The first-order valence-electron chi connectivity index (χ1n) is 8.94. The Bertz CT molecular complexity index is 626. The number of esters is 1. The fourth-order valence-corrected chi connectivity index (χ4v) is 3.79. The van der Waals surface area contributed by atoms with Crippen LogP contribution in [0.2, 0.25) is 0 Å². The van der Waals surface area contributed by atoms with Gasteiger partial charge in [-0.3, -0.25) is 4.79 Å². The molecule has 25 heavy (non-hydrogen) atoms. The lowest BCUT2D eigenvalue weighted by Gasteiger charge is -2.36. The molecule has 1 saturated carbocycles. The quantitative estimate of drug-likeness (QED) is 0.814. The molecule has 5 nitrogen and oxygen atoms in total. The van der Waals surface area contributed by atoms with Gasteiger partial charge in [0.25, 0.3) is 0 Å². The number of nitrogens with one attached hydrogen (secondary N) is 1. The van der Waals surface area contributed by atoms with Gasteiger partial charge in [-0.25, -0.2) is 4.79 Å². The minimum Gasteiger partial charge on any atom is -0.496 e. The van der Waals surface area contributed by atoms with Crippen LogP contribution in [-0.4, -0.2) is 26.1 Å². The van der Waals surface area contributed by atoms with Crippen molar-refractivity contribution in [1.29, 1.82) is 0 Å². The number of hydrogen-bond acceptors (Lipinski definition) is 4. The summed E-state index contributed by atoms with van der Waals surface area (Å²) in [5.74, 6) is 1.47. The van der Waals surface area contributed by atoms with Gasteiger partial charge in [-0.05, 0) is 42.7 Å². The van der Waals surface area contributed by atoms with Crippen LogP contribution in [-0.2, 0) is 9.53 Å². The molecule has 0 radical (unpaired) electrons. The van der Waals surface area contributed by atoms with E-state index in [4.69, 9.17) is 9.47 Å². The van der Waals surface area contributed by atoms with Gasteiger partial charge in [0.1, 0.15) is 11.3 Å². The largest absolute Gasteiger partial charge is 0.496 e. The van der Waals surface area contributed by atoms with Crippen molar-refractivity contribution in [2.75, 3.05) is 19.5 Å². The van der Waals surface area contributed by atoms with Crippen molar-refractivity contribution in [3.63, 3.8) is 0 Å². The van der Waals surface area contributed by atoms with Gasteiger partial charge in [0, 0.05) is 17.7 Å². The molecule has 1 aromatic rings. The van der Waals surface area contributed by atoms with E-state index in [1.165, 1.54) is 20.6 Å². The van der Waals surface area contributed by atoms with Gasteiger partial charge in [0.05, 0.1) is 14.2 Å². The molecular formula is C20H29NO4. The van der Waals surface area contributed by atoms with Crippen LogP contribution in [0.1, 0.15) is 50.4 Å². The van der Waals surface area contributed by atoms with Crippen molar-refractivity contribution in [1.82, 2.24) is 0 Å². The summed E-state index contributed by atoms with van der Waals surface area (Å²) < 4.78 is 10.0. The predicted molar refractivity (Wildman–Crippen MR) is 97.8 cm³/mol. The normalized spacial score (nSPS) is 23.2. The average Bonchev–Trinajstić information content (AvgIpc) is 2.60. The molecule has 1 aliphatic carbocycles. The van der Waals surface area contributed by atoms with Crippen molar-refractivity contribution < 1.29 is 19.1 Å². The Labute approximate surface area is 150 Å². The van der Waals surface area contributed by atoms with Gasteiger partial charge in [-0.1, -0.05) is 27.2 Å². The summed E-state index contributed by atoms with van der Waals surface area (Å²) in [7, 11) is 2.82. The van der Waals surface area contributed by atoms with Gasteiger partial charge in [0.2, 0.25) is 5.91 Å². The van der Waals surface area contributed by atoms with Gasteiger partial charge >= 0.3 is 5.97 Å². The zero-order valence-electron chi connectivity index (χ0n) is 15.8. The van der Waals surface area contributed by atoms with Crippen LogP contribution in [0.25, 0.3) is 0 Å². The number of benzene rings is 1. The number of hydrogen-bond donors (Lipinski definition) is 1. The lowest BCUT2D eigenvalue weighted by atomic mass is 9.70. The molecule has 0 spiro atoms. The molecule has 0 saturated heterocycles. The zero-order valence-corrected chi connectivity index (χ0v) is 15.8. The van der Waals surface area contributed by atoms with Crippen molar-refractivity contribution in [2.24, 2.45) is 23.7 Å². The minimum absolute atomic E-state index is 0.0232. The van der Waals surface area contributed by atoms with Gasteiger partial charge in [0.15, 0.2) is 0 Å². The number of ether oxygens (including phenoxy) is 2. The number of anilines is 1. The van der Waals surface area contributed by atoms with E-state index >= 15 is 0 Å². The molecule has 0 unspecified atom stereocenters. The second kappa shape index (κ2) is 8.37. The van der Waals surface area contributed by atoms with Crippen LogP contribution < -0.4 is 10.1 Å². The Morgan fingerprint density at radius 1 is 1.20 bits per heavy atom. The van der Waals surface area contributed by atoms with Crippen LogP contribution in [0.5, 0.6) is 5.75 Å². The maximum absolute atomic E-state index is 12.9. The number of rotatable bonds is 5. The monoisotopic (exact) mass is 347 g/mol. The van der Waals surface area contributed by atoms with Gasteiger partial charge in [-0.2, -0.15) is 0 Å². The molecule has 3 atom stereocenters. The summed E-state index contributed by atoms with van der Waals surface area (Å²) in [5.41, 5.74) is 0.976. The maximum atomic E-state index is 12.9. The van der Waals surface area contributed by atoms with Crippen molar-refractivity contribution in [3.05, 3.63) is 23.8 Å². The fourth-order valence-electron chi connectivity index (χ4n) is 3.79. The molecule has 2 rings (SSSR count). The first-order chi connectivity index (χ1) is 11.9. The first-order valence-corrected chi connectivity index (χ1v) is 8.94. The first kappa shape index (κ1) is 19.3. The lowest BCUT2D eigenvalue weighted by Crippen LogP contribution is -2.36. The van der Waals surface area contributed by atoms with E-state index in [1.807, 2.05) is 0 Å². The van der Waals surface area contributed by atoms with Crippen LogP contribution in [0, 0.1) is 23.7 Å². The van der Waals surface area contributed by atoms with E-state index in [1.54, 1.807) is 18.2 Å². The SMILES string of the molecule is COC(=O)c1ccc(NC(=O)[C@@H]2C[C@H](C)CC[C@H]2C(C)C)cc1OC. The third kappa shape index (κ3) is 4.53. The molecule has 5 heteroatoms. The van der Waals surface area contributed by atoms with Crippen LogP contribution in [0.3, 0.4) is 0 Å². The van der Waals surface area contributed by atoms with Crippen molar-refractivity contribution in [2.45, 2.75) is 40.0 Å². The lowest BCUT2D eigenvalue weighted by molar-refractivity contribution is -0.123. The van der Waals surface area contributed by atoms with Crippen molar-refractivity contribution >= 4 is 17.6 Å². The predicted octanol–water partition coefficient (Wildman–Crippen LogP) is 4.13. The summed E-state index contributed by atoms with van der Waals surface area (Å²) in [4.78, 5) is 24.6. The molecular weight excluding hydrogens is 318 g/mol. The molecule has 0 aliphatic heterocycles. The highest BCUT2D eigenvalue weighted by Gasteiger charge is 2.35. The summed E-state index contributed by atoms with van der Waals surface area (Å²) in [5, 5.41) is 3.00. The molecule has 0 bridgehead atoms. The Kier molecular flexibility index (Phi) is 6.45. The average molecular weight is 347 g/mol. The van der Waals surface area contributed by atoms with E-state index in [0.717, 1.165) is 12.8 Å². The molecule has 1 aromatic carbocycles. The third-order valence-electron chi connectivity index (χ3n) is 5.23. The highest BCUT2D eigenvalue weighted by Crippen LogP contribution is 2.38. The molecule has 1 amide bonds. The Morgan fingerprint density at radius 2 is 1.92 bits per heavy atom. The van der Waals surface area contributed by atoms with Crippen LogP contribution in [0.4, 0.5) is 5.69 Å². The topological polar surface area (TPSA) is 64.6 Å². The summed E-state index contributed by atoms with van der Waals surface area (Å²) in [6, 6.07) is 4.99. The summed E-state index contributed by atoms with van der Waals surface area (Å²) in [6.45, 7) is 6.59. The second-order valence-electron chi connectivity index (χ2n) is 7.33. The Balaban J connectivity index is 2.17. The molecule has 1 aliphatic rings. The van der Waals surface area contributed by atoms with E-state index < -0.39 is 5.97 Å². The smallest absolute Gasteiger partial charge is 0.341 e. The zero-order chi connectivity index (χ0) is 18.6. The number of methoxy groups -OCH3 is 2. The molecule has 1 fully saturated rings. The summed E-state index contributed by atoms with van der Waals surface area (Å²) >= 11 is 0. The van der Waals surface area contributed by atoms with E-state index in [0.29, 0.717) is 34.8 Å². The third-order valence-corrected chi connectivity index (χ3v) is 5.23. The highest BCUT2D eigenvalue weighted by molar-refractivity contribution is 5.96. The minimum atomic E-state index is -0.462. The maximum Gasteiger partial charge on any atom is 0.341 e. The standard InChI is InChI=1S/C20H29NO4/c1-12(2)15-8-6-13(3)10-17(15)19(22)21-14-7-9-16(20(23)25-5)18(11-14)24-4/h7,9,11-13,15,17H,6,8,10H2,1-5H3,(H,21,22)/t13-,15+,17-/m1/s1. The fraction of sp³-hybridized carbons (Fsp3) is 0.600. The van der Waals surface area contributed by atoms with E-state index in [-0.39, 0.29) is 11.8 Å². The molecule has 1 N–H and O–H groups in total. The molecule has 138 valence electrons.